The topological polar surface area (TPSA) is 74.6 Å². The van der Waals surface area contributed by atoms with Crippen molar-refractivity contribution in [1.82, 2.24) is 0 Å². The summed E-state index contributed by atoms with van der Waals surface area (Å²) in [6, 6.07) is 0. The molecule has 0 amide bonds. The highest BCUT2D eigenvalue weighted by Crippen LogP contribution is 2.36. The lowest BCUT2D eigenvalue weighted by molar-refractivity contribution is -0.157. The van der Waals surface area contributed by atoms with Gasteiger partial charge in [0.25, 0.3) is 0 Å². The second-order valence-corrected chi connectivity index (χ2v) is 7.61. The summed E-state index contributed by atoms with van der Waals surface area (Å²) in [4.78, 5) is 23.0. The van der Waals surface area contributed by atoms with Crippen molar-refractivity contribution in [2.24, 2.45) is 5.41 Å². The van der Waals surface area contributed by atoms with Crippen molar-refractivity contribution in [2.45, 2.75) is 109 Å². The average Bonchev–Trinajstić information content (AvgIpc) is 2.52. The lowest BCUT2D eigenvalue weighted by Crippen LogP contribution is -2.33. The van der Waals surface area contributed by atoms with Crippen LogP contribution in [-0.4, -0.2) is 22.2 Å². The Bertz CT molecular complexity index is 347. The largest absolute Gasteiger partial charge is 0.481 e. The molecule has 0 bridgehead atoms. The Morgan fingerprint density at radius 3 is 1.12 bits per heavy atom. The molecule has 1 aliphatic rings. The number of carbonyl (C=O) groups is 2. The summed E-state index contributed by atoms with van der Waals surface area (Å²) < 4.78 is 0. The summed E-state index contributed by atoms with van der Waals surface area (Å²) in [6.07, 6.45) is 17.1. The molecule has 0 aromatic heterocycles. The average molecular weight is 341 g/mol. The SMILES string of the molecule is O=C(O)CC1(C(=O)O)CCCCCCCCCCCCCCCC1. The molecule has 1 fully saturated rings. The second-order valence-electron chi connectivity index (χ2n) is 7.61. The van der Waals surface area contributed by atoms with E-state index in [0.717, 1.165) is 38.5 Å². The van der Waals surface area contributed by atoms with E-state index in [2.05, 4.69) is 0 Å². The van der Waals surface area contributed by atoms with Crippen LogP contribution in [0.2, 0.25) is 0 Å². The highest BCUT2D eigenvalue weighted by molar-refractivity contribution is 5.81. The van der Waals surface area contributed by atoms with Gasteiger partial charge in [0.2, 0.25) is 0 Å². The number of rotatable bonds is 3. The lowest BCUT2D eigenvalue weighted by Gasteiger charge is -2.28. The molecule has 4 heteroatoms. The minimum atomic E-state index is -1.06. The monoisotopic (exact) mass is 340 g/mol. The summed E-state index contributed by atoms with van der Waals surface area (Å²) in [5.74, 6) is -1.90. The fourth-order valence-corrected chi connectivity index (χ4v) is 3.93. The van der Waals surface area contributed by atoms with E-state index in [1.54, 1.807) is 0 Å². The number of aliphatic carboxylic acids is 2. The molecule has 1 rings (SSSR count). The summed E-state index contributed by atoms with van der Waals surface area (Å²) in [5, 5.41) is 18.9. The first-order chi connectivity index (χ1) is 11.6. The molecule has 0 radical (unpaired) electrons. The van der Waals surface area contributed by atoms with Crippen molar-refractivity contribution in [1.29, 1.82) is 0 Å². The number of carboxylic acid groups (broad SMARTS) is 2. The van der Waals surface area contributed by atoms with E-state index in [1.807, 2.05) is 0 Å². The van der Waals surface area contributed by atoms with Crippen molar-refractivity contribution in [2.75, 3.05) is 0 Å². The van der Waals surface area contributed by atoms with Gasteiger partial charge in [-0.25, -0.2) is 0 Å². The molecule has 0 atom stereocenters. The molecule has 4 nitrogen and oxygen atoms in total. The van der Waals surface area contributed by atoms with Gasteiger partial charge in [-0.1, -0.05) is 89.9 Å². The Labute approximate surface area is 147 Å². The maximum Gasteiger partial charge on any atom is 0.310 e. The zero-order chi connectivity index (χ0) is 17.7. The predicted molar refractivity (Wildman–Crippen MR) is 96.2 cm³/mol. The van der Waals surface area contributed by atoms with Gasteiger partial charge >= 0.3 is 11.9 Å². The number of hydrogen-bond donors (Lipinski definition) is 2. The third-order valence-electron chi connectivity index (χ3n) is 5.50. The van der Waals surface area contributed by atoms with E-state index in [9.17, 15) is 19.8 Å². The van der Waals surface area contributed by atoms with Crippen LogP contribution >= 0.6 is 0 Å². The minimum absolute atomic E-state index is 0.234. The van der Waals surface area contributed by atoms with Gasteiger partial charge in [0, 0.05) is 0 Å². The van der Waals surface area contributed by atoms with Crippen LogP contribution in [0.3, 0.4) is 0 Å². The van der Waals surface area contributed by atoms with Crippen LogP contribution < -0.4 is 0 Å². The molecule has 0 aliphatic heterocycles. The van der Waals surface area contributed by atoms with E-state index in [1.165, 1.54) is 51.4 Å². The van der Waals surface area contributed by atoms with Crippen LogP contribution in [0.15, 0.2) is 0 Å². The molecule has 1 saturated carbocycles. The standard InChI is InChI=1S/C20H36O4/c21-18(22)17-20(19(23)24)15-13-11-9-7-5-3-1-2-4-6-8-10-12-14-16-20/h1-17H2,(H,21,22)(H,23,24). The van der Waals surface area contributed by atoms with Crippen LogP contribution in [0, 0.1) is 5.41 Å². The first kappa shape index (κ1) is 21.0. The summed E-state index contributed by atoms with van der Waals surface area (Å²) in [5.41, 5.74) is -1.06. The predicted octanol–water partition coefficient (Wildman–Crippen LogP) is 5.79. The fraction of sp³-hybridized carbons (Fsp3) is 0.900. The number of hydrogen-bond acceptors (Lipinski definition) is 2. The van der Waals surface area contributed by atoms with E-state index >= 15 is 0 Å². The van der Waals surface area contributed by atoms with Crippen molar-refractivity contribution in [3.05, 3.63) is 0 Å². The van der Waals surface area contributed by atoms with E-state index < -0.39 is 17.4 Å². The van der Waals surface area contributed by atoms with E-state index in [4.69, 9.17) is 0 Å². The Morgan fingerprint density at radius 1 is 0.583 bits per heavy atom. The van der Waals surface area contributed by atoms with Crippen LogP contribution in [-0.2, 0) is 9.59 Å². The van der Waals surface area contributed by atoms with Gasteiger partial charge < -0.3 is 10.2 Å². The van der Waals surface area contributed by atoms with Crippen LogP contribution in [0.5, 0.6) is 0 Å². The molecule has 0 aromatic carbocycles. The van der Waals surface area contributed by atoms with E-state index in [-0.39, 0.29) is 6.42 Å². The van der Waals surface area contributed by atoms with Crippen molar-refractivity contribution in [3.8, 4) is 0 Å². The summed E-state index contributed by atoms with van der Waals surface area (Å²) in [6.45, 7) is 0. The van der Waals surface area contributed by atoms with Gasteiger partial charge in [-0.05, 0) is 12.8 Å². The Hall–Kier alpha value is -1.06. The fourth-order valence-electron chi connectivity index (χ4n) is 3.93. The van der Waals surface area contributed by atoms with Crippen LogP contribution in [0.25, 0.3) is 0 Å². The molecule has 0 saturated heterocycles. The van der Waals surface area contributed by atoms with Crippen molar-refractivity contribution >= 4 is 11.9 Å². The Morgan fingerprint density at radius 2 is 0.875 bits per heavy atom. The van der Waals surface area contributed by atoms with Crippen LogP contribution in [0.1, 0.15) is 109 Å². The highest BCUT2D eigenvalue weighted by Gasteiger charge is 2.39. The quantitative estimate of drug-likeness (QED) is 0.682. The van der Waals surface area contributed by atoms with Crippen molar-refractivity contribution < 1.29 is 19.8 Å². The smallest absolute Gasteiger partial charge is 0.310 e. The third-order valence-corrected chi connectivity index (χ3v) is 5.50. The van der Waals surface area contributed by atoms with Gasteiger partial charge in [-0.2, -0.15) is 0 Å². The normalized spacial score (nSPS) is 22.3. The maximum atomic E-state index is 11.8. The number of carboxylic acids is 2. The Balaban J connectivity index is 2.59. The molecule has 2 N–H and O–H groups in total. The molecule has 24 heavy (non-hydrogen) atoms. The van der Waals surface area contributed by atoms with Crippen molar-refractivity contribution in [3.63, 3.8) is 0 Å². The van der Waals surface area contributed by atoms with Gasteiger partial charge in [-0.15, -0.1) is 0 Å². The third kappa shape index (κ3) is 8.70. The molecule has 0 unspecified atom stereocenters. The zero-order valence-corrected chi connectivity index (χ0v) is 15.2. The first-order valence-electron chi connectivity index (χ1n) is 10.0. The molecule has 0 aromatic rings. The molecular formula is C20H36O4. The highest BCUT2D eigenvalue weighted by atomic mass is 16.4. The molecule has 0 spiro atoms. The van der Waals surface area contributed by atoms with Gasteiger partial charge in [-0.3, -0.25) is 9.59 Å². The van der Waals surface area contributed by atoms with E-state index in [0.29, 0.717) is 12.8 Å². The van der Waals surface area contributed by atoms with Gasteiger partial charge in [0.15, 0.2) is 0 Å². The van der Waals surface area contributed by atoms with Gasteiger partial charge in [0.05, 0.1) is 11.8 Å². The summed E-state index contributed by atoms with van der Waals surface area (Å²) in [7, 11) is 0. The second kappa shape index (κ2) is 12.3. The Kier molecular flexibility index (Phi) is 10.8. The molecule has 1 aliphatic carbocycles. The summed E-state index contributed by atoms with van der Waals surface area (Å²) >= 11 is 0. The zero-order valence-electron chi connectivity index (χ0n) is 15.2. The minimum Gasteiger partial charge on any atom is -0.481 e. The molecular weight excluding hydrogens is 304 g/mol. The molecule has 140 valence electrons. The first-order valence-corrected chi connectivity index (χ1v) is 10.0. The van der Waals surface area contributed by atoms with Gasteiger partial charge in [0.1, 0.15) is 0 Å². The maximum absolute atomic E-state index is 11.8. The van der Waals surface area contributed by atoms with Crippen LogP contribution in [0.4, 0.5) is 0 Å². The molecule has 0 heterocycles. The lowest BCUT2D eigenvalue weighted by atomic mass is 9.75.